The summed E-state index contributed by atoms with van der Waals surface area (Å²) in [7, 11) is 0. The molecule has 0 aliphatic carbocycles. The van der Waals surface area contributed by atoms with Crippen molar-refractivity contribution in [1.82, 2.24) is 10.2 Å². The van der Waals surface area contributed by atoms with Crippen LogP contribution in [0.4, 0.5) is 0 Å². The summed E-state index contributed by atoms with van der Waals surface area (Å²) in [6, 6.07) is 1.83. The first-order chi connectivity index (χ1) is 6.25. The number of nitrogens with zero attached hydrogens (tertiary/aromatic N) is 1. The lowest BCUT2D eigenvalue weighted by Crippen LogP contribution is -2.50. The van der Waals surface area contributed by atoms with Crippen LogP contribution in [0.1, 0.15) is 20.3 Å². The maximum absolute atomic E-state index is 5.56. The van der Waals surface area contributed by atoms with Crippen LogP contribution in [0.5, 0.6) is 0 Å². The fourth-order valence-corrected chi connectivity index (χ4v) is 2.22. The van der Waals surface area contributed by atoms with Crippen molar-refractivity contribution >= 4 is 0 Å². The number of hydrogen-bond donors (Lipinski definition) is 1. The predicted molar refractivity (Wildman–Crippen MR) is 52.9 cm³/mol. The fraction of sp³-hybridized carbons (Fsp3) is 1.00. The van der Waals surface area contributed by atoms with Gasteiger partial charge in [-0.05, 0) is 20.3 Å². The highest BCUT2D eigenvalue weighted by Gasteiger charge is 2.28. The van der Waals surface area contributed by atoms with Gasteiger partial charge in [0.15, 0.2) is 0 Å². The molecule has 0 spiro atoms. The molecule has 2 saturated heterocycles. The minimum absolute atomic E-state index is 0.559. The number of morpholine rings is 1. The van der Waals surface area contributed by atoms with E-state index in [0.29, 0.717) is 18.1 Å². The number of rotatable bonds is 1. The van der Waals surface area contributed by atoms with Gasteiger partial charge in [-0.2, -0.15) is 0 Å². The molecule has 0 radical (unpaired) electrons. The minimum Gasteiger partial charge on any atom is -0.378 e. The van der Waals surface area contributed by atoms with Crippen LogP contribution in [0.3, 0.4) is 0 Å². The van der Waals surface area contributed by atoms with Crippen molar-refractivity contribution in [2.75, 3.05) is 26.3 Å². The van der Waals surface area contributed by atoms with Gasteiger partial charge in [-0.25, -0.2) is 0 Å². The van der Waals surface area contributed by atoms with Crippen molar-refractivity contribution in [2.24, 2.45) is 0 Å². The molecule has 0 aromatic carbocycles. The Balaban J connectivity index is 1.97. The van der Waals surface area contributed by atoms with Crippen LogP contribution >= 0.6 is 0 Å². The molecule has 3 nitrogen and oxygen atoms in total. The molecule has 0 amide bonds. The van der Waals surface area contributed by atoms with E-state index in [9.17, 15) is 0 Å². The van der Waals surface area contributed by atoms with Gasteiger partial charge in [-0.3, -0.25) is 4.90 Å². The Bertz CT molecular complexity index is 172. The minimum atomic E-state index is 0.559. The summed E-state index contributed by atoms with van der Waals surface area (Å²) in [5.41, 5.74) is 0. The van der Waals surface area contributed by atoms with E-state index in [2.05, 4.69) is 24.1 Å². The van der Waals surface area contributed by atoms with E-state index in [0.717, 1.165) is 19.8 Å². The number of ether oxygens (including phenoxy) is 1. The third-order valence-corrected chi connectivity index (χ3v) is 3.06. The molecule has 2 aliphatic rings. The van der Waals surface area contributed by atoms with Gasteiger partial charge in [0.1, 0.15) is 0 Å². The van der Waals surface area contributed by atoms with Gasteiger partial charge in [0, 0.05) is 31.2 Å². The smallest absolute Gasteiger partial charge is 0.0633 e. The zero-order valence-corrected chi connectivity index (χ0v) is 8.62. The number of nitrogens with one attached hydrogen (secondary N) is 1. The van der Waals surface area contributed by atoms with Crippen molar-refractivity contribution in [3.8, 4) is 0 Å². The lowest BCUT2D eigenvalue weighted by Gasteiger charge is -2.30. The molecule has 2 rings (SSSR count). The average molecular weight is 184 g/mol. The zero-order valence-electron chi connectivity index (χ0n) is 8.62. The third-order valence-electron chi connectivity index (χ3n) is 3.06. The van der Waals surface area contributed by atoms with Crippen LogP contribution in [0.15, 0.2) is 0 Å². The summed E-state index contributed by atoms with van der Waals surface area (Å²) in [6.07, 6.45) is 1.23. The number of fused-ring (bicyclic) bond motifs is 2. The molecule has 2 atom stereocenters. The predicted octanol–water partition coefficient (Wildman–Crippen LogP) is 0.457. The molecular weight excluding hydrogens is 164 g/mol. The van der Waals surface area contributed by atoms with E-state index in [-0.39, 0.29) is 0 Å². The molecule has 2 aliphatic heterocycles. The van der Waals surface area contributed by atoms with Crippen molar-refractivity contribution in [3.05, 3.63) is 0 Å². The van der Waals surface area contributed by atoms with Crippen molar-refractivity contribution in [1.29, 1.82) is 0 Å². The molecule has 1 N–H and O–H groups in total. The Morgan fingerprint density at radius 1 is 1.31 bits per heavy atom. The van der Waals surface area contributed by atoms with Crippen LogP contribution in [0, 0.1) is 0 Å². The molecule has 0 aromatic heterocycles. The first-order valence-electron chi connectivity index (χ1n) is 5.33. The Labute approximate surface area is 80.4 Å². The molecule has 13 heavy (non-hydrogen) atoms. The Morgan fingerprint density at radius 2 is 2.08 bits per heavy atom. The highest BCUT2D eigenvalue weighted by atomic mass is 16.5. The molecule has 2 bridgehead atoms. The normalized spacial score (nSPS) is 36.2. The van der Waals surface area contributed by atoms with Gasteiger partial charge < -0.3 is 10.1 Å². The molecular formula is C10H20N2O. The molecule has 0 aromatic rings. The van der Waals surface area contributed by atoms with Crippen LogP contribution in [-0.2, 0) is 4.74 Å². The van der Waals surface area contributed by atoms with Crippen LogP contribution in [0.2, 0.25) is 0 Å². The van der Waals surface area contributed by atoms with Crippen molar-refractivity contribution < 1.29 is 4.74 Å². The lowest BCUT2D eigenvalue weighted by atomic mass is 10.2. The number of hydrogen-bond acceptors (Lipinski definition) is 3. The van der Waals surface area contributed by atoms with Crippen LogP contribution in [-0.4, -0.2) is 49.3 Å². The van der Waals surface area contributed by atoms with Gasteiger partial charge >= 0.3 is 0 Å². The molecule has 2 fully saturated rings. The average Bonchev–Trinajstić information content (AvgIpc) is 2.25. The maximum atomic E-state index is 5.56. The largest absolute Gasteiger partial charge is 0.378 e. The maximum Gasteiger partial charge on any atom is 0.0633 e. The molecule has 3 heteroatoms. The summed E-state index contributed by atoms with van der Waals surface area (Å²) in [5, 5.41) is 3.63. The Kier molecular flexibility index (Phi) is 2.86. The van der Waals surface area contributed by atoms with E-state index >= 15 is 0 Å². The third kappa shape index (κ3) is 2.22. The summed E-state index contributed by atoms with van der Waals surface area (Å²) in [6.45, 7) is 8.71. The topological polar surface area (TPSA) is 24.5 Å². The molecule has 2 heterocycles. The van der Waals surface area contributed by atoms with E-state index in [1.807, 2.05) is 0 Å². The Morgan fingerprint density at radius 3 is 2.85 bits per heavy atom. The van der Waals surface area contributed by atoms with Gasteiger partial charge in [-0.15, -0.1) is 0 Å². The summed E-state index contributed by atoms with van der Waals surface area (Å²) in [5.74, 6) is 0. The van der Waals surface area contributed by atoms with Gasteiger partial charge in [-0.1, -0.05) is 0 Å². The lowest BCUT2D eigenvalue weighted by molar-refractivity contribution is 0.0467. The quantitative estimate of drug-likeness (QED) is 0.640. The molecule has 0 saturated carbocycles. The first kappa shape index (κ1) is 9.44. The van der Waals surface area contributed by atoms with E-state index in [4.69, 9.17) is 4.74 Å². The Hall–Kier alpha value is -0.120. The van der Waals surface area contributed by atoms with E-state index < -0.39 is 0 Å². The monoisotopic (exact) mass is 184 g/mol. The van der Waals surface area contributed by atoms with Gasteiger partial charge in [0.25, 0.3) is 0 Å². The van der Waals surface area contributed by atoms with Crippen LogP contribution < -0.4 is 5.32 Å². The van der Waals surface area contributed by atoms with Gasteiger partial charge in [0.05, 0.1) is 13.2 Å². The summed E-state index contributed by atoms with van der Waals surface area (Å²) < 4.78 is 5.56. The van der Waals surface area contributed by atoms with E-state index in [1.165, 1.54) is 13.0 Å². The fourth-order valence-electron chi connectivity index (χ4n) is 2.22. The molecule has 76 valence electrons. The summed E-state index contributed by atoms with van der Waals surface area (Å²) in [4.78, 5) is 2.55. The SMILES string of the molecule is CC(C)N1CCC2COCC(C1)N2. The zero-order chi connectivity index (χ0) is 9.26. The second kappa shape index (κ2) is 3.95. The summed E-state index contributed by atoms with van der Waals surface area (Å²) >= 11 is 0. The highest BCUT2D eigenvalue weighted by Crippen LogP contribution is 2.13. The van der Waals surface area contributed by atoms with Crippen molar-refractivity contribution in [3.63, 3.8) is 0 Å². The standard InChI is InChI=1S/C10H20N2O/c1-8(2)12-4-3-9-6-13-7-10(5-12)11-9/h8-11H,3-7H2,1-2H3. The van der Waals surface area contributed by atoms with E-state index in [1.54, 1.807) is 0 Å². The van der Waals surface area contributed by atoms with Crippen LogP contribution in [0.25, 0.3) is 0 Å². The second-order valence-electron chi connectivity index (χ2n) is 4.48. The first-order valence-corrected chi connectivity index (χ1v) is 5.33. The van der Waals surface area contributed by atoms with Crippen molar-refractivity contribution in [2.45, 2.75) is 38.4 Å². The van der Waals surface area contributed by atoms with Gasteiger partial charge in [0.2, 0.25) is 0 Å². The second-order valence-corrected chi connectivity index (χ2v) is 4.48. The highest BCUT2D eigenvalue weighted by molar-refractivity contribution is 4.86. The molecule has 2 unspecified atom stereocenters.